The number of nitrogens with one attached hydrogen (secondary N) is 1. The van der Waals surface area contributed by atoms with Crippen molar-refractivity contribution in [1.82, 2.24) is 5.32 Å². The molecule has 0 radical (unpaired) electrons. The number of ether oxygens (including phenoxy) is 1. The quantitative estimate of drug-likeness (QED) is 0.753. The number of hydrogen-bond donors (Lipinski definition) is 2. The van der Waals surface area contributed by atoms with Gasteiger partial charge in [-0.1, -0.05) is 44.7 Å². The van der Waals surface area contributed by atoms with E-state index in [4.69, 9.17) is 4.74 Å². The molecule has 0 aliphatic heterocycles. The second-order valence-electron chi connectivity index (χ2n) is 6.23. The molecule has 3 nitrogen and oxygen atoms in total. The molecule has 0 unspecified atom stereocenters. The highest BCUT2D eigenvalue weighted by Gasteiger charge is 2.27. The van der Waals surface area contributed by atoms with E-state index in [0.29, 0.717) is 6.54 Å². The van der Waals surface area contributed by atoms with E-state index in [1.165, 1.54) is 18.4 Å². The van der Waals surface area contributed by atoms with E-state index in [2.05, 4.69) is 24.4 Å². The highest BCUT2D eigenvalue weighted by Crippen LogP contribution is 2.26. The van der Waals surface area contributed by atoms with Gasteiger partial charge in [0, 0.05) is 13.1 Å². The van der Waals surface area contributed by atoms with Crippen LogP contribution >= 0.6 is 0 Å². The Labute approximate surface area is 128 Å². The third-order valence-electron chi connectivity index (χ3n) is 4.21. The van der Waals surface area contributed by atoms with Crippen LogP contribution in [-0.2, 0) is 6.54 Å². The fourth-order valence-corrected chi connectivity index (χ4v) is 2.93. The SMILES string of the molecule is CCCOc1ccc(CNCC2(O)CCCCCC2)cc1. The summed E-state index contributed by atoms with van der Waals surface area (Å²) in [6.45, 7) is 4.37. The van der Waals surface area contributed by atoms with Crippen molar-refractivity contribution in [2.45, 2.75) is 64.0 Å². The van der Waals surface area contributed by atoms with Gasteiger partial charge in [0.05, 0.1) is 12.2 Å². The maximum atomic E-state index is 10.6. The van der Waals surface area contributed by atoms with Crippen LogP contribution in [0.3, 0.4) is 0 Å². The Morgan fingerprint density at radius 3 is 2.38 bits per heavy atom. The normalized spacial score (nSPS) is 18.2. The topological polar surface area (TPSA) is 41.5 Å². The molecular weight excluding hydrogens is 262 g/mol. The summed E-state index contributed by atoms with van der Waals surface area (Å²) in [5, 5.41) is 14.0. The molecule has 0 aromatic heterocycles. The van der Waals surface area contributed by atoms with Crippen LogP contribution in [0.4, 0.5) is 0 Å². The van der Waals surface area contributed by atoms with Gasteiger partial charge in [0.15, 0.2) is 0 Å². The summed E-state index contributed by atoms with van der Waals surface area (Å²) in [5.74, 6) is 0.933. The van der Waals surface area contributed by atoms with Crippen molar-refractivity contribution in [3.63, 3.8) is 0 Å². The van der Waals surface area contributed by atoms with Crippen molar-refractivity contribution in [1.29, 1.82) is 0 Å². The predicted octanol–water partition coefficient (Wildman–Crippen LogP) is 3.65. The molecule has 1 aromatic carbocycles. The Bertz CT molecular complexity index is 394. The molecule has 2 N–H and O–H groups in total. The van der Waals surface area contributed by atoms with Gasteiger partial charge >= 0.3 is 0 Å². The summed E-state index contributed by atoms with van der Waals surface area (Å²) in [6.07, 6.45) is 7.74. The molecule has 1 aliphatic rings. The van der Waals surface area contributed by atoms with Gasteiger partial charge in [0.2, 0.25) is 0 Å². The molecule has 1 fully saturated rings. The Hall–Kier alpha value is -1.06. The van der Waals surface area contributed by atoms with Gasteiger partial charge in [0.1, 0.15) is 5.75 Å². The zero-order chi connectivity index (χ0) is 15.0. The number of rotatable bonds is 7. The van der Waals surface area contributed by atoms with Crippen LogP contribution in [0.25, 0.3) is 0 Å². The van der Waals surface area contributed by atoms with Gasteiger partial charge < -0.3 is 15.2 Å². The minimum absolute atomic E-state index is 0.499. The van der Waals surface area contributed by atoms with Gasteiger partial charge in [-0.2, -0.15) is 0 Å². The fraction of sp³-hybridized carbons (Fsp3) is 0.667. The van der Waals surface area contributed by atoms with Crippen molar-refractivity contribution < 1.29 is 9.84 Å². The molecule has 0 spiro atoms. The van der Waals surface area contributed by atoms with Gasteiger partial charge in [-0.15, -0.1) is 0 Å². The zero-order valence-corrected chi connectivity index (χ0v) is 13.2. The van der Waals surface area contributed by atoms with E-state index < -0.39 is 5.60 Å². The summed E-state index contributed by atoms with van der Waals surface area (Å²) in [4.78, 5) is 0. The maximum absolute atomic E-state index is 10.6. The van der Waals surface area contributed by atoms with Crippen LogP contribution in [0, 0.1) is 0 Å². The predicted molar refractivity (Wildman–Crippen MR) is 86.6 cm³/mol. The molecule has 2 rings (SSSR count). The molecule has 0 heterocycles. The summed E-state index contributed by atoms with van der Waals surface area (Å²) in [7, 11) is 0. The first-order chi connectivity index (χ1) is 10.2. The van der Waals surface area contributed by atoms with Crippen molar-refractivity contribution >= 4 is 0 Å². The minimum Gasteiger partial charge on any atom is -0.494 e. The van der Waals surface area contributed by atoms with Gasteiger partial charge in [-0.3, -0.25) is 0 Å². The number of benzene rings is 1. The van der Waals surface area contributed by atoms with Gasteiger partial charge in [0.25, 0.3) is 0 Å². The first-order valence-electron chi connectivity index (χ1n) is 8.37. The lowest BCUT2D eigenvalue weighted by Gasteiger charge is -2.27. The maximum Gasteiger partial charge on any atom is 0.119 e. The highest BCUT2D eigenvalue weighted by molar-refractivity contribution is 5.27. The van der Waals surface area contributed by atoms with E-state index in [1.54, 1.807) is 0 Å². The Morgan fingerprint density at radius 2 is 1.76 bits per heavy atom. The molecule has 3 heteroatoms. The first-order valence-corrected chi connectivity index (χ1v) is 8.37. The van der Waals surface area contributed by atoms with Crippen LogP contribution in [0.2, 0.25) is 0 Å². The smallest absolute Gasteiger partial charge is 0.119 e. The summed E-state index contributed by atoms with van der Waals surface area (Å²) in [5.41, 5.74) is 0.733. The summed E-state index contributed by atoms with van der Waals surface area (Å²) < 4.78 is 5.58. The molecule has 0 amide bonds. The van der Waals surface area contributed by atoms with Crippen LogP contribution in [0.15, 0.2) is 24.3 Å². The van der Waals surface area contributed by atoms with Crippen LogP contribution in [-0.4, -0.2) is 23.9 Å². The first kappa shape index (κ1) is 16.3. The van der Waals surface area contributed by atoms with E-state index in [1.807, 2.05) is 12.1 Å². The monoisotopic (exact) mass is 291 g/mol. The van der Waals surface area contributed by atoms with Crippen LogP contribution in [0.5, 0.6) is 5.75 Å². The van der Waals surface area contributed by atoms with Crippen molar-refractivity contribution in [3.05, 3.63) is 29.8 Å². The molecular formula is C18H29NO2. The molecule has 0 bridgehead atoms. The van der Waals surface area contributed by atoms with Gasteiger partial charge in [-0.25, -0.2) is 0 Å². The largest absolute Gasteiger partial charge is 0.494 e. The average molecular weight is 291 g/mol. The molecule has 1 saturated carbocycles. The lowest BCUT2D eigenvalue weighted by molar-refractivity contribution is 0.0250. The third kappa shape index (κ3) is 5.68. The Balaban J connectivity index is 1.74. The van der Waals surface area contributed by atoms with E-state index in [0.717, 1.165) is 51.0 Å². The number of hydrogen-bond acceptors (Lipinski definition) is 3. The minimum atomic E-state index is -0.499. The molecule has 0 atom stereocenters. The van der Waals surface area contributed by atoms with Crippen molar-refractivity contribution in [3.8, 4) is 5.75 Å². The molecule has 1 aliphatic carbocycles. The van der Waals surface area contributed by atoms with Crippen LogP contribution in [0.1, 0.15) is 57.4 Å². The summed E-state index contributed by atoms with van der Waals surface area (Å²) >= 11 is 0. The molecule has 118 valence electrons. The molecule has 0 saturated heterocycles. The standard InChI is InChI=1S/C18H29NO2/c1-2-13-21-17-9-7-16(8-10-17)14-19-15-18(20)11-5-3-4-6-12-18/h7-10,19-20H,2-6,11-15H2,1H3. The zero-order valence-electron chi connectivity index (χ0n) is 13.2. The van der Waals surface area contributed by atoms with Crippen molar-refractivity contribution in [2.24, 2.45) is 0 Å². The second-order valence-corrected chi connectivity index (χ2v) is 6.23. The second kappa shape index (κ2) is 8.40. The Morgan fingerprint density at radius 1 is 1.10 bits per heavy atom. The lowest BCUT2D eigenvalue weighted by atomic mass is 9.94. The van der Waals surface area contributed by atoms with Gasteiger partial charge in [-0.05, 0) is 37.0 Å². The summed E-state index contributed by atoms with van der Waals surface area (Å²) in [6, 6.07) is 8.23. The number of aliphatic hydroxyl groups is 1. The molecule has 21 heavy (non-hydrogen) atoms. The van der Waals surface area contributed by atoms with Crippen LogP contribution < -0.4 is 10.1 Å². The lowest BCUT2D eigenvalue weighted by Crippen LogP contribution is -2.39. The highest BCUT2D eigenvalue weighted by atomic mass is 16.5. The van der Waals surface area contributed by atoms with Crippen molar-refractivity contribution in [2.75, 3.05) is 13.2 Å². The fourth-order valence-electron chi connectivity index (χ4n) is 2.93. The Kier molecular flexibility index (Phi) is 6.52. The molecule has 1 aromatic rings. The average Bonchev–Trinajstić information content (AvgIpc) is 2.71. The van der Waals surface area contributed by atoms with E-state index in [-0.39, 0.29) is 0 Å². The van der Waals surface area contributed by atoms with E-state index >= 15 is 0 Å². The third-order valence-corrected chi connectivity index (χ3v) is 4.21. The van der Waals surface area contributed by atoms with E-state index in [9.17, 15) is 5.11 Å².